The number of piperidine rings is 1. The van der Waals surface area contributed by atoms with Crippen LogP contribution in [0, 0.1) is 5.92 Å². The number of amides is 1. The summed E-state index contributed by atoms with van der Waals surface area (Å²) in [6, 6.07) is 3.85. The average Bonchev–Trinajstić information content (AvgIpc) is 3.40. The zero-order valence-electron chi connectivity index (χ0n) is 14.6. The Morgan fingerprint density at radius 2 is 2.00 bits per heavy atom. The number of fused-ring (bicyclic) bond motifs is 2. The molecule has 136 valence electrons. The lowest BCUT2D eigenvalue weighted by Gasteiger charge is -2.50. The van der Waals surface area contributed by atoms with Gasteiger partial charge < -0.3 is 14.8 Å². The Bertz CT molecular complexity index is 821. The molecule has 7 heteroatoms. The lowest BCUT2D eigenvalue weighted by molar-refractivity contribution is -0.142. The first-order valence-electron chi connectivity index (χ1n) is 9.38. The molecule has 0 bridgehead atoms. The van der Waals surface area contributed by atoms with Crippen molar-refractivity contribution in [3.05, 3.63) is 41.1 Å². The van der Waals surface area contributed by atoms with Crippen molar-refractivity contribution in [2.75, 3.05) is 24.5 Å². The highest BCUT2D eigenvalue weighted by atomic mass is 35.5. The molecule has 0 atom stereocenters. The van der Waals surface area contributed by atoms with Crippen LogP contribution in [-0.4, -0.2) is 45.4 Å². The van der Waals surface area contributed by atoms with E-state index >= 15 is 0 Å². The maximum Gasteiger partial charge on any atom is 0.226 e. The van der Waals surface area contributed by atoms with Gasteiger partial charge in [-0.1, -0.05) is 11.6 Å². The SMILES string of the molecule is O=C(C1CC1)N1CCc2[nH]cnc2C12CCN(c1ccc(Cl)cn1)CC2. The molecular formula is C19H22ClN5O. The quantitative estimate of drug-likeness (QED) is 0.881. The number of rotatable bonds is 2. The van der Waals surface area contributed by atoms with Gasteiger partial charge in [0.15, 0.2) is 0 Å². The predicted octanol–water partition coefficient (Wildman–Crippen LogP) is 2.75. The van der Waals surface area contributed by atoms with E-state index in [-0.39, 0.29) is 11.5 Å². The van der Waals surface area contributed by atoms with Gasteiger partial charge in [0.2, 0.25) is 5.91 Å². The molecule has 0 radical (unpaired) electrons. The molecule has 2 aliphatic heterocycles. The van der Waals surface area contributed by atoms with Gasteiger partial charge in [-0.2, -0.15) is 0 Å². The van der Waals surface area contributed by atoms with E-state index in [4.69, 9.17) is 11.6 Å². The number of halogens is 1. The van der Waals surface area contributed by atoms with Crippen LogP contribution < -0.4 is 4.90 Å². The number of imidazole rings is 1. The summed E-state index contributed by atoms with van der Waals surface area (Å²) in [6.07, 6.45) is 8.19. The summed E-state index contributed by atoms with van der Waals surface area (Å²) in [7, 11) is 0. The second-order valence-electron chi connectivity index (χ2n) is 7.60. The van der Waals surface area contributed by atoms with Gasteiger partial charge >= 0.3 is 0 Å². The van der Waals surface area contributed by atoms with E-state index in [1.165, 1.54) is 5.69 Å². The zero-order chi connectivity index (χ0) is 17.7. The number of hydrogen-bond donors (Lipinski definition) is 1. The summed E-state index contributed by atoms with van der Waals surface area (Å²) in [5.41, 5.74) is 2.01. The molecule has 0 aromatic carbocycles. The van der Waals surface area contributed by atoms with Crippen LogP contribution in [0.1, 0.15) is 37.1 Å². The lowest BCUT2D eigenvalue weighted by atomic mass is 9.78. The molecule has 3 aliphatic rings. The monoisotopic (exact) mass is 371 g/mol. The Kier molecular flexibility index (Phi) is 3.71. The Morgan fingerprint density at radius 3 is 2.69 bits per heavy atom. The number of pyridine rings is 1. The summed E-state index contributed by atoms with van der Waals surface area (Å²) in [6.45, 7) is 2.51. The molecule has 4 heterocycles. The third-order valence-electron chi connectivity index (χ3n) is 6.08. The molecule has 1 amide bonds. The van der Waals surface area contributed by atoms with Crippen LogP contribution in [0.5, 0.6) is 0 Å². The fourth-order valence-electron chi connectivity index (χ4n) is 4.52. The molecule has 26 heavy (non-hydrogen) atoms. The van der Waals surface area contributed by atoms with Crippen LogP contribution in [-0.2, 0) is 16.8 Å². The topological polar surface area (TPSA) is 65.1 Å². The first-order valence-corrected chi connectivity index (χ1v) is 9.76. The number of nitrogens with zero attached hydrogens (tertiary/aromatic N) is 4. The van der Waals surface area contributed by atoms with Crippen molar-refractivity contribution in [2.24, 2.45) is 5.92 Å². The fourth-order valence-corrected chi connectivity index (χ4v) is 4.63. The summed E-state index contributed by atoms with van der Waals surface area (Å²) < 4.78 is 0. The standard InChI is InChI=1S/C19H22ClN5O/c20-14-3-4-16(21-11-14)24-9-6-19(7-10-24)17-15(22-12-23-17)5-8-25(19)18(26)13-1-2-13/h3-4,11-13H,1-2,5-10H2,(H,22,23). The van der Waals surface area contributed by atoms with E-state index < -0.39 is 0 Å². The largest absolute Gasteiger partial charge is 0.356 e. The number of carbonyl (C=O) groups excluding carboxylic acids is 1. The Balaban J connectivity index is 1.44. The highest BCUT2D eigenvalue weighted by Crippen LogP contribution is 2.45. The Hall–Kier alpha value is -2.08. The number of nitrogens with one attached hydrogen (secondary N) is 1. The number of hydrogen-bond acceptors (Lipinski definition) is 4. The summed E-state index contributed by atoms with van der Waals surface area (Å²) in [5.74, 6) is 1.52. The maximum atomic E-state index is 13.0. The van der Waals surface area contributed by atoms with E-state index in [2.05, 4.69) is 24.8 Å². The number of anilines is 1. The van der Waals surface area contributed by atoms with Gasteiger partial charge in [0.05, 0.1) is 22.6 Å². The fraction of sp³-hybridized carbons (Fsp3) is 0.526. The van der Waals surface area contributed by atoms with Crippen molar-refractivity contribution in [3.63, 3.8) is 0 Å². The first-order chi connectivity index (χ1) is 12.7. The molecule has 2 aromatic rings. The van der Waals surface area contributed by atoms with Crippen LogP contribution in [0.4, 0.5) is 5.82 Å². The zero-order valence-corrected chi connectivity index (χ0v) is 15.4. The highest BCUT2D eigenvalue weighted by molar-refractivity contribution is 6.30. The second kappa shape index (κ2) is 5.98. The third-order valence-corrected chi connectivity index (χ3v) is 6.30. The van der Waals surface area contributed by atoms with Crippen LogP contribution >= 0.6 is 11.6 Å². The van der Waals surface area contributed by atoms with E-state index in [0.29, 0.717) is 10.9 Å². The number of aromatic nitrogens is 3. The van der Waals surface area contributed by atoms with Crippen LogP contribution in [0.3, 0.4) is 0 Å². The minimum atomic E-state index is -0.268. The van der Waals surface area contributed by atoms with Gasteiger partial charge in [0, 0.05) is 43.9 Å². The minimum absolute atomic E-state index is 0.239. The predicted molar refractivity (Wildman–Crippen MR) is 99.1 cm³/mol. The molecule has 1 spiro atoms. The normalized spacial score (nSPS) is 21.7. The average molecular weight is 372 g/mol. The summed E-state index contributed by atoms with van der Waals surface area (Å²) in [4.78, 5) is 29.8. The van der Waals surface area contributed by atoms with Crippen molar-refractivity contribution in [1.29, 1.82) is 0 Å². The number of carbonyl (C=O) groups is 1. The minimum Gasteiger partial charge on any atom is -0.356 e. The van der Waals surface area contributed by atoms with Crippen molar-refractivity contribution >= 4 is 23.3 Å². The molecule has 1 saturated carbocycles. The highest BCUT2D eigenvalue weighted by Gasteiger charge is 2.51. The van der Waals surface area contributed by atoms with Crippen LogP contribution in [0.15, 0.2) is 24.7 Å². The molecule has 6 nitrogen and oxygen atoms in total. The molecule has 5 rings (SSSR count). The van der Waals surface area contributed by atoms with Crippen LogP contribution in [0.25, 0.3) is 0 Å². The van der Waals surface area contributed by atoms with Crippen molar-refractivity contribution in [3.8, 4) is 0 Å². The van der Waals surface area contributed by atoms with Gasteiger partial charge in [-0.3, -0.25) is 4.79 Å². The molecule has 2 fully saturated rings. The molecule has 1 saturated heterocycles. The number of aromatic amines is 1. The molecule has 1 N–H and O–H groups in total. The van der Waals surface area contributed by atoms with Crippen LogP contribution in [0.2, 0.25) is 5.02 Å². The van der Waals surface area contributed by atoms with Gasteiger partial charge in [0.25, 0.3) is 0 Å². The smallest absolute Gasteiger partial charge is 0.226 e. The maximum absolute atomic E-state index is 13.0. The van der Waals surface area contributed by atoms with E-state index in [1.54, 1.807) is 12.5 Å². The molecule has 1 aliphatic carbocycles. The van der Waals surface area contributed by atoms with Crippen molar-refractivity contribution in [1.82, 2.24) is 19.9 Å². The Labute approximate surface area is 157 Å². The van der Waals surface area contributed by atoms with E-state index in [1.807, 2.05) is 12.1 Å². The third kappa shape index (κ3) is 2.50. The molecule has 2 aromatic heterocycles. The second-order valence-corrected chi connectivity index (χ2v) is 8.03. The van der Waals surface area contributed by atoms with Gasteiger partial charge in [-0.05, 0) is 37.8 Å². The van der Waals surface area contributed by atoms with Crippen molar-refractivity contribution < 1.29 is 4.79 Å². The summed E-state index contributed by atoms with van der Waals surface area (Å²) >= 11 is 5.96. The van der Waals surface area contributed by atoms with Gasteiger partial charge in [0.1, 0.15) is 5.82 Å². The molecule has 0 unspecified atom stereocenters. The van der Waals surface area contributed by atoms with E-state index in [9.17, 15) is 4.79 Å². The summed E-state index contributed by atoms with van der Waals surface area (Å²) in [5, 5.41) is 0.650. The number of H-pyrrole nitrogens is 1. The van der Waals surface area contributed by atoms with Gasteiger partial charge in [-0.15, -0.1) is 0 Å². The lowest BCUT2D eigenvalue weighted by Crippen LogP contribution is -2.58. The van der Waals surface area contributed by atoms with E-state index in [0.717, 1.165) is 63.3 Å². The Morgan fingerprint density at radius 1 is 1.19 bits per heavy atom. The first kappa shape index (κ1) is 16.1. The molecular weight excluding hydrogens is 350 g/mol. The van der Waals surface area contributed by atoms with Gasteiger partial charge in [-0.25, -0.2) is 9.97 Å². The van der Waals surface area contributed by atoms with Crippen molar-refractivity contribution in [2.45, 2.75) is 37.6 Å².